The standard InChI is InChI=1S/C24H23N3O/c25-16-24(15-17-7-3-1-4-8-17)20(18-9-5-2-6-10-18)21-22(28-23(24)26)19-11-13-27(21)14-12-19/h1-10,19-20,26H,11-15H2/t20-,24+/m1/s1. The van der Waals surface area contributed by atoms with Crippen molar-refractivity contribution < 1.29 is 4.74 Å². The van der Waals surface area contributed by atoms with Crippen LogP contribution in [0.3, 0.4) is 0 Å². The first-order valence-electron chi connectivity index (χ1n) is 9.99. The first kappa shape index (κ1) is 17.1. The first-order chi connectivity index (χ1) is 13.7. The van der Waals surface area contributed by atoms with E-state index in [4.69, 9.17) is 10.1 Å². The molecular weight excluding hydrogens is 346 g/mol. The normalized spacial score (nSPS) is 26.6. The summed E-state index contributed by atoms with van der Waals surface area (Å²) in [6, 6.07) is 22.8. The lowest BCUT2D eigenvalue weighted by Gasteiger charge is -2.52. The monoisotopic (exact) mass is 369 g/mol. The van der Waals surface area contributed by atoms with Gasteiger partial charge in [0.1, 0.15) is 11.2 Å². The number of nitriles is 1. The van der Waals surface area contributed by atoms with E-state index in [1.807, 2.05) is 48.5 Å². The summed E-state index contributed by atoms with van der Waals surface area (Å²) in [5, 5.41) is 19.3. The van der Waals surface area contributed by atoms with Gasteiger partial charge in [0.25, 0.3) is 0 Å². The van der Waals surface area contributed by atoms with Crippen molar-refractivity contribution in [3.8, 4) is 6.07 Å². The summed E-state index contributed by atoms with van der Waals surface area (Å²) in [5.41, 5.74) is 2.24. The highest BCUT2D eigenvalue weighted by molar-refractivity contribution is 5.87. The molecule has 2 aromatic rings. The molecule has 0 spiro atoms. The lowest BCUT2D eigenvalue weighted by Crippen LogP contribution is -2.53. The lowest BCUT2D eigenvalue weighted by molar-refractivity contribution is 0.102. The van der Waals surface area contributed by atoms with E-state index in [2.05, 4.69) is 23.1 Å². The van der Waals surface area contributed by atoms with Gasteiger partial charge in [-0.2, -0.15) is 5.26 Å². The van der Waals surface area contributed by atoms with Crippen LogP contribution in [0.4, 0.5) is 0 Å². The molecule has 2 aromatic carbocycles. The van der Waals surface area contributed by atoms with Crippen molar-refractivity contribution >= 4 is 5.90 Å². The second-order valence-electron chi connectivity index (χ2n) is 8.03. The first-order valence-corrected chi connectivity index (χ1v) is 9.99. The molecule has 0 aromatic heterocycles. The molecular formula is C24H23N3O. The quantitative estimate of drug-likeness (QED) is 0.868. The molecule has 28 heavy (non-hydrogen) atoms. The van der Waals surface area contributed by atoms with Gasteiger partial charge in [-0.1, -0.05) is 60.7 Å². The Bertz CT molecular complexity index is 968. The molecule has 1 N–H and O–H groups in total. The Labute approximate surface area is 165 Å². The van der Waals surface area contributed by atoms with E-state index in [1.54, 1.807) is 0 Å². The fourth-order valence-corrected chi connectivity index (χ4v) is 5.12. The summed E-state index contributed by atoms with van der Waals surface area (Å²) in [6.07, 6.45) is 2.62. The lowest BCUT2D eigenvalue weighted by atomic mass is 9.64. The van der Waals surface area contributed by atoms with Crippen molar-refractivity contribution in [1.82, 2.24) is 4.90 Å². The highest BCUT2D eigenvalue weighted by atomic mass is 16.5. The second kappa shape index (κ2) is 6.53. The number of benzene rings is 2. The predicted molar refractivity (Wildman–Crippen MR) is 108 cm³/mol. The number of allylic oxidation sites excluding steroid dienone is 2. The van der Waals surface area contributed by atoms with E-state index in [9.17, 15) is 5.26 Å². The molecule has 4 aliphatic heterocycles. The second-order valence-corrected chi connectivity index (χ2v) is 8.03. The van der Waals surface area contributed by atoms with E-state index >= 15 is 0 Å². The van der Waals surface area contributed by atoms with Crippen LogP contribution in [0.2, 0.25) is 0 Å². The number of nitrogens with one attached hydrogen (secondary N) is 1. The summed E-state index contributed by atoms with van der Waals surface area (Å²) in [5.74, 6) is 1.23. The fraction of sp³-hybridized carbons (Fsp3) is 0.333. The van der Waals surface area contributed by atoms with E-state index < -0.39 is 5.41 Å². The number of hydrogen-bond acceptors (Lipinski definition) is 4. The van der Waals surface area contributed by atoms with Crippen LogP contribution in [-0.2, 0) is 11.2 Å². The number of fused-ring (bicyclic) bond motifs is 2. The Morgan fingerprint density at radius 2 is 1.68 bits per heavy atom. The van der Waals surface area contributed by atoms with Crippen molar-refractivity contribution in [2.24, 2.45) is 11.3 Å². The molecule has 4 nitrogen and oxygen atoms in total. The van der Waals surface area contributed by atoms with Crippen LogP contribution in [0.25, 0.3) is 0 Å². The molecule has 2 bridgehead atoms. The maximum absolute atomic E-state index is 10.5. The van der Waals surface area contributed by atoms with Gasteiger partial charge >= 0.3 is 0 Å². The highest BCUT2D eigenvalue weighted by Crippen LogP contribution is 2.54. The molecule has 1 fully saturated rings. The van der Waals surface area contributed by atoms with E-state index in [1.165, 1.54) is 0 Å². The Morgan fingerprint density at radius 1 is 1.04 bits per heavy atom. The van der Waals surface area contributed by atoms with Crippen molar-refractivity contribution in [3.05, 3.63) is 83.2 Å². The van der Waals surface area contributed by atoms with Crippen molar-refractivity contribution in [2.45, 2.75) is 25.2 Å². The maximum Gasteiger partial charge on any atom is 0.208 e. The highest BCUT2D eigenvalue weighted by Gasteiger charge is 2.56. The number of nitrogens with zero attached hydrogens (tertiary/aromatic N) is 2. The minimum Gasteiger partial charge on any atom is -0.444 e. The largest absolute Gasteiger partial charge is 0.444 e. The molecule has 0 unspecified atom stereocenters. The van der Waals surface area contributed by atoms with Gasteiger partial charge < -0.3 is 9.64 Å². The third-order valence-electron chi connectivity index (χ3n) is 6.50. The minimum atomic E-state index is -1.04. The average molecular weight is 369 g/mol. The van der Waals surface area contributed by atoms with E-state index in [-0.39, 0.29) is 11.8 Å². The number of piperidine rings is 1. The van der Waals surface area contributed by atoms with Gasteiger partial charge in [-0.15, -0.1) is 0 Å². The summed E-state index contributed by atoms with van der Waals surface area (Å²) in [7, 11) is 0. The van der Waals surface area contributed by atoms with Crippen LogP contribution < -0.4 is 0 Å². The van der Waals surface area contributed by atoms with Gasteiger partial charge in [-0.25, -0.2) is 0 Å². The minimum absolute atomic E-state index is 0.0974. The van der Waals surface area contributed by atoms with E-state index in [0.717, 1.165) is 48.5 Å². The van der Waals surface area contributed by atoms with Crippen LogP contribution >= 0.6 is 0 Å². The Morgan fingerprint density at radius 3 is 2.32 bits per heavy atom. The van der Waals surface area contributed by atoms with Gasteiger partial charge in [0.15, 0.2) is 0 Å². The topological polar surface area (TPSA) is 60.1 Å². The predicted octanol–water partition coefficient (Wildman–Crippen LogP) is 4.47. The molecule has 0 radical (unpaired) electrons. The molecule has 4 heterocycles. The molecule has 6 rings (SSSR count). The van der Waals surface area contributed by atoms with Crippen LogP contribution in [0.15, 0.2) is 72.1 Å². The summed E-state index contributed by atoms with van der Waals surface area (Å²) in [6.45, 7) is 2.02. The Hall–Kier alpha value is -3.06. The Balaban J connectivity index is 1.71. The van der Waals surface area contributed by atoms with Crippen LogP contribution in [-0.4, -0.2) is 23.9 Å². The van der Waals surface area contributed by atoms with Crippen molar-refractivity contribution in [2.75, 3.05) is 13.1 Å². The zero-order valence-electron chi connectivity index (χ0n) is 15.8. The Kier molecular flexibility index (Phi) is 3.98. The van der Waals surface area contributed by atoms with Gasteiger partial charge in [-0.3, -0.25) is 5.41 Å². The van der Waals surface area contributed by atoms with Crippen LogP contribution in [0, 0.1) is 28.1 Å². The molecule has 4 aliphatic rings. The molecule has 0 amide bonds. The van der Waals surface area contributed by atoms with Crippen molar-refractivity contribution in [3.63, 3.8) is 0 Å². The number of ether oxygens (including phenoxy) is 1. The van der Waals surface area contributed by atoms with Gasteiger partial charge in [0.2, 0.25) is 5.90 Å². The zero-order valence-corrected chi connectivity index (χ0v) is 15.8. The van der Waals surface area contributed by atoms with Crippen molar-refractivity contribution in [1.29, 1.82) is 10.7 Å². The summed E-state index contributed by atoms with van der Waals surface area (Å²) < 4.78 is 6.15. The van der Waals surface area contributed by atoms with Gasteiger partial charge in [0, 0.05) is 25.4 Å². The number of hydrogen-bond donors (Lipinski definition) is 1. The average Bonchev–Trinajstić information content (AvgIpc) is 2.76. The molecule has 0 saturated carbocycles. The number of rotatable bonds is 3. The maximum atomic E-state index is 10.5. The molecule has 140 valence electrons. The third-order valence-corrected chi connectivity index (χ3v) is 6.50. The smallest absolute Gasteiger partial charge is 0.208 e. The van der Waals surface area contributed by atoms with Gasteiger partial charge in [0.05, 0.1) is 17.7 Å². The van der Waals surface area contributed by atoms with Crippen LogP contribution in [0.1, 0.15) is 29.9 Å². The van der Waals surface area contributed by atoms with Gasteiger partial charge in [-0.05, 0) is 24.0 Å². The zero-order chi connectivity index (χ0) is 19.1. The van der Waals surface area contributed by atoms with Crippen LogP contribution in [0.5, 0.6) is 0 Å². The molecule has 2 atom stereocenters. The summed E-state index contributed by atoms with van der Waals surface area (Å²) in [4.78, 5) is 2.40. The van der Waals surface area contributed by atoms with E-state index in [0.29, 0.717) is 12.3 Å². The SMILES string of the molecule is N#C[C@]1(Cc2ccccc2)C(=N)OC2=C([C@H]1c1ccccc1)N1CCC2CC1. The molecule has 0 aliphatic carbocycles. The molecule has 4 heteroatoms. The summed E-state index contributed by atoms with van der Waals surface area (Å²) >= 11 is 0. The third kappa shape index (κ3) is 2.46. The molecule has 1 saturated heterocycles. The fourth-order valence-electron chi connectivity index (χ4n) is 5.12.